The van der Waals surface area contributed by atoms with Gasteiger partial charge in [-0.2, -0.15) is 0 Å². The number of fused-ring (bicyclic) bond motifs is 13. The van der Waals surface area contributed by atoms with Gasteiger partial charge in [-0.25, -0.2) is 4.79 Å². The van der Waals surface area contributed by atoms with Gasteiger partial charge in [-0.3, -0.25) is 0 Å². The van der Waals surface area contributed by atoms with Gasteiger partial charge in [0.1, 0.15) is 5.75 Å². The smallest absolute Gasteiger partial charge is 0.331 e. The number of carboxylic acid groups (broad SMARTS) is 1. The first-order valence-corrected chi connectivity index (χ1v) is 18.9. The fourth-order valence-corrected chi connectivity index (χ4v) is 13.4. The Balaban J connectivity index is 1.27. The van der Waals surface area contributed by atoms with E-state index < -0.39 is 40.6 Å². The van der Waals surface area contributed by atoms with Crippen molar-refractivity contribution in [3.63, 3.8) is 0 Å². The minimum absolute atomic E-state index is 0.112. The highest BCUT2D eigenvalue weighted by molar-refractivity contribution is 6.11. The Morgan fingerprint density at radius 2 is 1.76 bits per heavy atom. The minimum atomic E-state index is -1.34. The molecule has 2 saturated carbocycles. The molecular formula is C43H53NO7. The van der Waals surface area contributed by atoms with Crippen molar-refractivity contribution in [1.29, 1.82) is 0 Å². The Hall–Kier alpha value is -3.17. The monoisotopic (exact) mass is 695 g/mol. The van der Waals surface area contributed by atoms with E-state index in [1.165, 1.54) is 11.3 Å². The first kappa shape index (κ1) is 33.7. The fourth-order valence-electron chi connectivity index (χ4n) is 13.4. The number of aliphatic carboxylic acids is 1. The van der Waals surface area contributed by atoms with Crippen LogP contribution in [0.3, 0.4) is 0 Å². The maximum atomic E-state index is 12.3. The third-order valence-corrected chi connectivity index (χ3v) is 15.4. The Bertz CT molecular complexity index is 2170. The number of allylic oxidation sites excluding steroid dienone is 1. The third kappa shape index (κ3) is 3.78. The first-order valence-electron chi connectivity index (χ1n) is 18.9. The van der Waals surface area contributed by atoms with Crippen LogP contribution < -0.4 is 0 Å². The largest absolute Gasteiger partial charge is 0.505 e. The Kier molecular flexibility index (Phi) is 6.38. The summed E-state index contributed by atoms with van der Waals surface area (Å²) in [5.41, 5.74) is 5.86. The van der Waals surface area contributed by atoms with Gasteiger partial charge in [-0.1, -0.05) is 27.4 Å². The predicted molar refractivity (Wildman–Crippen MR) is 197 cm³/mol. The lowest BCUT2D eigenvalue weighted by molar-refractivity contribution is -0.294. The molecule has 0 radical (unpaired) electrons. The average molecular weight is 696 g/mol. The van der Waals surface area contributed by atoms with E-state index in [9.17, 15) is 25.2 Å². The zero-order valence-corrected chi connectivity index (χ0v) is 31.5. The van der Waals surface area contributed by atoms with Gasteiger partial charge in [0.15, 0.2) is 5.79 Å². The third-order valence-electron chi connectivity index (χ3n) is 15.4. The summed E-state index contributed by atoms with van der Waals surface area (Å²) in [5.74, 6) is -1.92. The predicted octanol–water partition coefficient (Wildman–Crippen LogP) is 8.06. The van der Waals surface area contributed by atoms with Crippen LogP contribution in [-0.4, -0.2) is 53.9 Å². The molecule has 51 heavy (non-hydrogen) atoms. The summed E-state index contributed by atoms with van der Waals surface area (Å²) in [5, 5.41) is 48.2. The zero-order chi connectivity index (χ0) is 36.7. The van der Waals surface area contributed by atoms with Crippen molar-refractivity contribution in [1.82, 2.24) is 4.40 Å². The number of carbonyl (C=O) groups is 1. The molecule has 1 saturated heterocycles. The summed E-state index contributed by atoms with van der Waals surface area (Å²) in [4.78, 5) is 11.7. The number of benzene rings is 1. The maximum Gasteiger partial charge on any atom is 0.331 e. The molecule has 4 heterocycles. The van der Waals surface area contributed by atoms with Crippen molar-refractivity contribution in [2.75, 3.05) is 0 Å². The van der Waals surface area contributed by atoms with Crippen molar-refractivity contribution < 1.29 is 34.7 Å². The lowest BCUT2D eigenvalue weighted by Gasteiger charge is -2.65. The molecule has 8 nitrogen and oxygen atoms in total. The number of carboxylic acids is 1. The number of hydrogen-bond acceptors (Lipinski definition) is 6. The molecular weight excluding hydrogens is 642 g/mol. The van der Waals surface area contributed by atoms with Crippen molar-refractivity contribution in [2.24, 2.45) is 28.6 Å². The molecule has 4 N–H and O–H groups in total. The normalized spacial score (nSPS) is 40.4. The van der Waals surface area contributed by atoms with Crippen molar-refractivity contribution in [3.05, 3.63) is 58.4 Å². The summed E-state index contributed by atoms with van der Waals surface area (Å²) in [6.07, 6.45) is 7.18. The van der Waals surface area contributed by atoms with Crippen LogP contribution in [0.25, 0.3) is 27.4 Å². The fraction of sp³-hybridized carbons (Fsp3) is 0.605. The van der Waals surface area contributed by atoms with E-state index in [0.717, 1.165) is 64.2 Å². The Morgan fingerprint density at radius 3 is 2.43 bits per heavy atom. The standard InChI is InChI=1S/C43H53NO7/c1-20(2)32-35(46)30-29-24(27-19-38(4,5)51-39(6,7)31(27)34(29)45)17-25-26-16-22-11-12-28-40(8,42(22,10)36(26)44(32)33(25)30)13-14-43(49)41(28,9)18-23(50-43)15-21(3)37(47)48/h15,17,19,22-23,28,31,34,45-46,49H,1,11-14,16,18H2,2-10H3,(H,47,48). The molecule has 0 spiro atoms. The molecule has 3 fully saturated rings. The quantitative estimate of drug-likeness (QED) is 0.205. The second-order valence-electron chi connectivity index (χ2n) is 18.9. The summed E-state index contributed by atoms with van der Waals surface area (Å²) in [7, 11) is 0. The number of nitrogens with zero attached hydrogens (tertiary/aromatic N) is 1. The highest BCUT2D eigenvalue weighted by atomic mass is 16.6. The first-order chi connectivity index (χ1) is 23.6. The second-order valence-corrected chi connectivity index (χ2v) is 18.9. The van der Waals surface area contributed by atoms with E-state index in [-0.39, 0.29) is 34.0 Å². The number of hydrogen-bond donors (Lipinski definition) is 4. The highest BCUT2D eigenvalue weighted by Crippen LogP contribution is 2.74. The molecule has 272 valence electrons. The molecule has 0 bridgehead atoms. The molecule has 9 atom stereocenters. The molecule has 9 rings (SSSR count). The molecule has 0 amide bonds. The van der Waals surface area contributed by atoms with Crippen molar-refractivity contribution in [3.8, 4) is 5.75 Å². The van der Waals surface area contributed by atoms with Crippen molar-refractivity contribution >= 4 is 33.4 Å². The number of aliphatic hydroxyl groups is 2. The molecule has 2 aromatic heterocycles. The van der Waals surface area contributed by atoms with Crippen LogP contribution in [0, 0.1) is 28.6 Å². The van der Waals surface area contributed by atoms with Gasteiger partial charge >= 0.3 is 5.97 Å². The number of aromatic hydroxyl groups is 1. The SMILES string of the molecule is C=C(C)c1c(O)c2c3c(cc4c5c(n1c42)C1(C)C(CCC2C4(C)CC(C=C(C)C(=O)O)OC4(O)CCC21C)C5)C1=CC(C)(C)OC(C)(C)C1C3O. The van der Waals surface area contributed by atoms with Crippen LogP contribution in [-0.2, 0) is 26.1 Å². The Labute approximate surface area is 300 Å². The zero-order valence-electron chi connectivity index (χ0n) is 31.5. The number of aromatic nitrogens is 1. The lowest BCUT2D eigenvalue weighted by atomic mass is 9.40. The maximum absolute atomic E-state index is 12.3. The number of rotatable bonds is 3. The van der Waals surface area contributed by atoms with E-state index in [0.29, 0.717) is 24.5 Å². The van der Waals surface area contributed by atoms with Crippen LogP contribution >= 0.6 is 0 Å². The minimum Gasteiger partial charge on any atom is -0.505 e. The van der Waals surface area contributed by atoms with Crippen molar-refractivity contribution in [2.45, 2.75) is 135 Å². The van der Waals surface area contributed by atoms with E-state index in [1.54, 1.807) is 13.0 Å². The summed E-state index contributed by atoms with van der Waals surface area (Å²) < 4.78 is 15.2. The van der Waals surface area contributed by atoms with Crippen LogP contribution in [0.5, 0.6) is 5.75 Å². The number of ether oxygens (including phenoxy) is 2. The molecule has 9 unspecified atom stereocenters. The van der Waals surface area contributed by atoms with Gasteiger partial charge in [0.25, 0.3) is 0 Å². The molecule has 1 aromatic carbocycles. The van der Waals surface area contributed by atoms with Gasteiger partial charge in [0, 0.05) is 50.8 Å². The van der Waals surface area contributed by atoms with Crippen LogP contribution in [0.1, 0.15) is 129 Å². The van der Waals surface area contributed by atoms with Gasteiger partial charge in [0.2, 0.25) is 0 Å². The van der Waals surface area contributed by atoms with Gasteiger partial charge in [-0.15, -0.1) is 0 Å². The number of aliphatic hydroxyl groups excluding tert-OH is 1. The summed E-state index contributed by atoms with van der Waals surface area (Å²) in [6, 6.07) is 2.30. The summed E-state index contributed by atoms with van der Waals surface area (Å²) in [6.45, 7) is 23.2. The second kappa shape index (κ2) is 9.67. The molecule has 4 aliphatic carbocycles. The molecule has 3 aromatic rings. The lowest BCUT2D eigenvalue weighted by Crippen LogP contribution is -2.65. The van der Waals surface area contributed by atoms with E-state index in [1.807, 2.05) is 6.92 Å². The van der Waals surface area contributed by atoms with E-state index in [4.69, 9.17) is 9.47 Å². The van der Waals surface area contributed by atoms with Gasteiger partial charge in [-0.05, 0) is 131 Å². The summed E-state index contributed by atoms with van der Waals surface area (Å²) >= 11 is 0. The molecule has 2 aliphatic heterocycles. The highest BCUT2D eigenvalue weighted by Gasteiger charge is 2.73. The Morgan fingerprint density at radius 1 is 1.06 bits per heavy atom. The van der Waals surface area contributed by atoms with Gasteiger partial charge < -0.3 is 34.3 Å². The van der Waals surface area contributed by atoms with E-state index >= 15 is 0 Å². The van der Waals surface area contributed by atoms with E-state index in [2.05, 4.69) is 71.6 Å². The van der Waals surface area contributed by atoms with Crippen LogP contribution in [0.15, 0.2) is 30.4 Å². The molecule has 6 aliphatic rings. The van der Waals surface area contributed by atoms with Crippen LogP contribution in [0.2, 0.25) is 0 Å². The van der Waals surface area contributed by atoms with Gasteiger partial charge in [0.05, 0.1) is 34.6 Å². The topological polar surface area (TPSA) is 121 Å². The molecule has 8 heteroatoms. The van der Waals surface area contributed by atoms with Crippen LogP contribution in [0.4, 0.5) is 0 Å². The average Bonchev–Trinajstić information content (AvgIpc) is 3.73.